The normalized spacial score (nSPS) is 11.2. The number of rotatable bonds is 10. The average Bonchev–Trinajstić information content (AvgIpc) is 3.44. The number of nitrogens with zero attached hydrogens (tertiary/aromatic N) is 1. The fraction of sp³-hybridized carbons (Fsp3) is 0. The van der Waals surface area contributed by atoms with Crippen LogP contribution in [0.5, 0.6) is 0 Å². The molecule has 0 N–H and O–H groups in total. The van der Waals surface area contributed by atoms with Crippen molar-refractivity contribution < 1.29 is 0 Å². The molecule has 12 rings (SSSR count). The molecule has 0 bridgehead atoms. The van der Waals surface area contributed by atoms with Gasteiger partial charge in [-0.25, -0.2) is 0 Å². The Morgan fingerprint density at radius 2 is 0.507 bits per heavy atom. The van der Waals surface area contributed by atoms with Crippen molar-refractivity contribution in [2.45, 2.75) is 0 Å². The molecule has 0 heterocycles. The monoisotopic (exact) mass is 877 g/mol. The van der Waals surface area contributed by atoms with Crippen LogP contribution in [0.3, 0.4) is 0 Å². The van der Waals surface area contributed by atoms with Crippen LogP contribution in [0.1, 0.15) is 0 Å². The fourth-order valence-corrected chi connectivity index (χ4v) is 10.1. The molecule has 324 valence electrons. The van der Waals surface area contributed by atoms with E-state index in [-0.39, 0.29) is 0 Å². The van der Waals surface area contributed by atoms with Crippen LogP contribution in [-0.2, 0) is 0 Å². The topological polar surface area (TPSA) is 3.24 Å². The molecule has 0 aliphatic carbocycles. The zero-order chi connectivity index (χ0) is 45.9. The molecule has 0 spiro atoms. The molecule has 1 nitrogen and oxygen atoms in total. The maximum Gasteiger partial charge on any atom is 0.0546 e. The first-order chi connectivity index (χ1) is 34.2. The van der Waals surface area contributed by atoms with Crippen LogP contribution >= 0.6 is 0 Å². The van der Waals surface area contributed by atoms with Crippen molar-refractivity contribution in [2.75, 3.05) is 4.90 Å². The van der Waals surface area contributed by atoms with Crippen LogP contribution in [0, 0.1) is 0 Å². The third-order valence-electron chi connectivity index (χ3n) is 13.5. The standard InChI is InChI=1S/C68H47N/c1-3-16-52(17-4-1)64-26-11-12-27-66(64)68-65(55-18-5-2-6-19-55)30-15-31-67(68)69(58-44-40-50(41-45-58)48-32-36-56(37-33-48)62-28-13-22-53-20-7-9-24-60(53)62)59-46-42-51(43-47-59)49-34-38-57(39-35-49)63-29-14-23-54-21-8-10-25-61(54)63/h1-47H. The van der Waals surface area contributed by atoms with E-state index in [1.165, 1.54) is 88.3 Å². The summed E-state index contributed by atoms with van der Waals surface area (Å²) in [6, 6.07) is 104. The van der Waals surface area contributed by atoms with Gasteiger partial charge < -0.3 is 4.90 Å². The highest BCUT2D eigenvalue weighted by Crippen LogP contribution is 2.48. The first-order valence-electron chi connectivity index (χ1n) is 23.7. The van der Waals surface area contributed by atoms with Gasteiger partial charge >= 0.3 is 0 Å². The molecule has 12 aromatic carbocycles. The SMILES string of the molecule is c1ccc(-c2ccccc2-c2c(-c3ccccc3)cccc2N(c2ccc(-c3ccc(-c4cccc5ccccc45)cc3)cc2)c2ccc(-c3ccc(-c4cccc5ccccc45)cc3)cc2)cc1. The lowest BCUT2D eigenvalue weighted by Gasteiger charge is -2.30. The van der Waals surface area contributed by atoms with Crippen molar-refractivity contribution in [1.82, 2.24) is 0 Å². The van der Waals surface area contributed by atoms with Crippen molar-refractivity contribution >= 4 is 38.6 Å². The minimum atomic E-state index is 1.07. The highest BCUT2D eigenvalue weighted by atomic mass is 15.1. The Labute approximate surface area is 404 Å². The zero-order valence-electron chi connectivity index (χ0n) is 38.1. The summed E-state index contributed by atoms with van der Waals surface area (Å²) >= 11 is 0. The molecule has 0 atom stereocenters. The van der Waals surface area contributed by atoms with E-state index in [0.717, 1.165) is 28.2 Å². The second kappa shape index (κ2) is 18.3. The van der Waals surface area contributed by atoms with Gasteiger partial charge in [0.25, 0.3) is 0 Å². The third kappa shape index (κ3) is 8.07. The van der Waals surface area contributed by atoms with E-state index >= 15 is 0 Å². The Morgan fingerprint density at radius 1 is 0.188 bits per heavy atom. The Balaban J connectivity index is 0.970. The Morgan fingerprint density at radius 3 is 1.00 bits per heavy atom. The number of benzene rings is 12. The van der Waals surface area contributed by atoms with Crippen LogP contribution in [0.4, 0.5) is 17.1 Å². The lowest BCUT2D eigenvalue weighted by molar-refractivity contribution is 1.28. The third-order valence-corrected chi connectivity index (χ3v) is 13.5. The van der Waals surface area contributed by atoms with Gasteiger partial charge in [-0.15, -0.1) is 0 Å². The van der Waals surface area contributed by atoms with E-state index in [9.17, 15) is 0 Å². The van der Waals surface area contributed by atoms with Crippen molar-refractivity contribution in [3.8, 4) is 77.9 Å². The molecule has 69 heavy (non-hydrogen) atoms. The van der Waals surface area contributed by atoms with Crippen LogP contribution in [0.25, 0.3) is 99.4 Å². The van der Waals surface area contributed by atoms with Crippen molar-refractivity contribution in [1.29, 1.82) is 0 Å². The lowest BCUT2D eigenvalue weighted by atomic mass is 9.87. The quantitative estimate of drug-likeness (QED) is 0.132. The molecule has 1 heteroatoms. The summed E-state index contributed by atoms with van der Waals surface area (Å²) in [7, 11) is 0. The average molecular weight is 878 g/mol. The fourth-order valence-electron chi connectivity index (χ4n) is 10.1. The van der Waals surface area contributed by atoms with Crippen molar-refractivity contribution in [3.05, 3.63) is 285 Å². The summed E-state index contributed by atoms with van der Waals surface area (Å²) < 4.78 is 0. The molecule has 0 amide bonds. The predicted octanol–water partition coefficient (Wildman–Crippen LogP) is 19.1. The summed E-state index contributed by atoms with van der Waals surface area (Å²) in [4.78, 5) is 2.43. The van der Waals surface area contributed by atoms with Gasteiger partial charge in [-0.05, 0) is 124 Å². The largest absolute Gasteiger partial charge is 0.310 e. The summed E-state index contributed by atoms with van der Waals surface area (Å²) in [6.45, 7) is 0. The first kappa shape index (κ1) is 41.4. The zero-order valence-corrected chi connectivity index (χ0v) is 38.1. The molecule has 0 aliphatic heterocycles. The number of hydrogen-bond donors (Lipinski definition) is 0. The molecule has 0 aromatic heterocycles. The second-order valence-corrected chi connectivity index (χ2v) is 17.6. The van der Waals surface area contributed by atoms with E-state index in [0.29, 0.717) is 0 Å². The molecular weight excluding hydrogens is 831 g/mol. The molecule has 0 saturated carbocycles. The van der Waals surface area contributed by atoms with Crippen LogP contribution in [-0.4, -0.2) is 0 Å². The minimum Gasteiger partial charge on any atom is -0.310 e. The van der Waals surface area contributed by atoms with Gasteiger partial charge in [0.05, 0.1) is 5.69 Å². The van der Waals surface area contributed by atoms with Gasteiger partial charge in [0.1, 0.15) is 0 Å². The predicted molar refractivity (Wildman–Crippen MR) is 294 cm³/mol. The van der Waals surface area contributed by atoms with Gasteiger partial charge in [-0.1, -0.05) is 255 Å². The number of hydrogen-bond acceptors (Lipinski definition) is 1. The van der Waals surface area contributed by atoms with Gasteiger partial charge in [0.15, 0.2) is 0 Å². The second-order valence-electron chi connectivity index (χ2n) is 17.6. The summed E-state index contributed by atoms with van der Waals surface area (Å²) in [6.07, 6.45) is 0. The van der Waals surface area contributed by atoms with Crippen LogP contribution in [0.2, 0.25) is 0 Å². The van der Waals surface area contributed by atoms with E-state index in [1.807, 2.05) is 0 Å². The van der Waals surface area contributed by atoms with Crippen LogP contribution in [0.15, 0.2) is 285 Å². The Kier molecular flexibility index (Phi) is 11.0. The van der Waals surface area contributed by atoms with Crippen molar-refractivity contribution in [2.24, 2.45) is 0 Å². The first-order valence-corrected chi connectivity index (χ1v) is 23.7. The lowest BCUT2D eigenvalue weighted by Crippen LogP contribution is -2.12. The van der Waals surface area contributed by atoms with Gasteiger partial charge in [0, 0.05) is 16.9 Å². The van der Waals surface area contributed by atoms with Crippen molar-refractivity contribution in [3.63, 3.8) is 0 Å². The van der Waals surface area contributed by atoms with E-state index in [4.69, 9.17) is 0 Å². The molecule has 0 radical (unpaired) electrons. The number of anilines is 3. The number of fused-ring (bicyclic) bond motifs is 2. The summed E-state index contributed by atoms with van der Waals surface area (Å²) in [5, 5.41) is 5.03. The smallest absolute Gasteiger partial charge is 0.0546 e. The van der Waals surface area contributed by atoms with E-state index in [1.54, 1.807) is 0 Å². The molecular formula is C68H47N. The van der Waals surface area contributed by atoms with E-state index < -0.39 is 0 Å². The maximum atomic E-state index is 2.43. The molecule has 0 fully saturated rings. The Hall–Kier alpha value is -9.04. The highest BCUT2D eigenvalue weighted by molar-refractivity contribution is 6.02. The highest BCUT2D eigenvalue weighted by Gasteiger charge is 2.23. The van der Waals surface area contributed by atoms with Crippen LogP contribution < -0.4 is 4.90 Å². The molecule has 12 aromatic rings. The minimum absolute atomic E-state index is 1.07. The van der Waals surface area contributed by atoms with Gasteiger partial charge in [-0.3, -0.25) is 0 Å². The summed E-state index contributed by atoms with van der Waals surface area (Å²) in [5.41, 5.74) is 19.9. The maximum absolute atomic E-state index is 2.43. The Bertz CT molecular complexity index is 3550. The summed E-state index contributed by atoms with van der Waals surface area (Å²) in [5.74, 6) is 0. The molecule has 0 saturated heterocycles. The molecule has 0 aliphatic rings. The van der Waals surface area contributed by atoms with Gasteiger partial charge in [0.2, 0.25) is 0 Å². The van der Waals surface area contributed by atoms with E-state index in [2.05, 4.69) is 290 Å². The molecule has 0 unspecified atom stereocenters. The van der Waals surface area contributed by atoms with Gasteiger partial charge in [-0.2, -0.15) is 0 Å².